The summed E-state index contributed by atoms with van der Waals surface area (Å²) in [6.07, 6.45) is 10.9. The van der Waals surface area contributed by atoms with Gasteiger partial charge in [0, 0.05) is 11.8 Å². The van der Waals surface area contributed by atoms with Crippen LogP contribution in [0.25, 0.3) is 0 Å². The monoisotopic (exact) mass is 208 g/mol. The van der Waals surface area contributed by atoms with Gasteiger partial charge in [-0.15, -0.1) is 11.8 Å². The summed E-state index contributed by atoms with van der Waals surface area (Å²) in [5, 5.41) is 19.0. The fourth-order valence-electron chi connectivity index (χ4n) is 1.80. The molecule has 0 fully saturated rings. The van der Waals surface area contributed by atoms with Crippen molar-refractivity contribution in [3.8, 4) is 0 Å². The van der Waals surface area contributed by atoms with E-state index in [4.69, 9.17) is 0 Å². The van der Waals surface area contributed by atoms with Gasteiger partial charge in [-0.25, -0.2) is 0 Å². The second kappa shape index (κ2) is 3.58. The number of aliphatic hydroxyl groups excluding tert-OH is 2. The standard InChI is InChI=1S/C11H12O2S/c1-14-11-5-4-10(13)8-3-2-7(12)6-9(8)11/h2-6,8-9,12-13H,1H3. The number of aliphatic hydroxyl groups is 2. The van der Waals surface area contributed by atoms with Crippen LogP contribution in [-0.2, 0) is 0 Å². The maximum Gasteiger partial charge on any atom is 0.111 e. The van der Waals surface area contributed by atoms with Gasteiger partial charge >= 0.3 is 0 Å². The van der Waals surface area contributed by atoms with Gasteiger partial charge in [-0.05, 0) is 35.5 Å². The zero-order valence-electron chi connectivity index (χ0n) is 7.84. The Kier molecular flexibility index (Phi) is 2.42. The SMILES string of the molecule is CSC1=CC=C(O)C2C=CC(O)=CC12. The first-order valence-corrected chi connectivity index (χ1v) is 5.68. The Labute approximate surface area is 87.3 Å². The molecule has 2 rings (SSSR count). The third-order valence-corrected chi connectivity index (χ3v) is 3.42. The Morgan fingerprint density at radius 3 is 2.71 bits per heavy atom. The number of hydrogen-bond acceptors (Lipinski definition) is 3. The zero-order chi connectivity index (χ0) is 10.1. The fraction of sp³-hybridized carbons (Fsp3) is 0.273. The van der Waals surface area contributed by atoms with Crippen LogP contribution in [0, 0.1) is 11.8 Å². The highest BCUT2D eigenvalue weighted by Crippen LogP contribution is 2.39. The Morgan fingerprint density at radius 1 is 1.21 bits per heavy atom. The first-order chi connectivity index (χ1) is 6.72. The predicted octanol–water partition coefficient (Wildman–Crippen LogP) is 2.93. The Hall–Kier alpha value is -1.09. The van der Waals surface area contributed by atoms with Gasteiger partial charge in [0.25, 0.3) is 0 Å². The molecule has 0 heterocycles. The second-order valence-electron chi connectivity index (χ2n) is 3.37. The van der Waals surface area contributed by atoms with Crippen LogP contribution >= 0.6 is 11.8 Å². The largest absolute Gasteiger partial charge is 0.512 e. The van der Waals surface area contributed by atoms with Crippen molar-refractivity contribution in [1.82, 2.24) is 0 Å². The minimum Gasteiger partial charge on any atom is -0.512 e. The summed E-state index contributed by atoms with van der Waals surface area (Å²) < 4.78 is 0. The van der Waals surface area contributed by atoms with E-state index in [0.717, 1.165) is 0 Å². The highest BCUT2D eigenvalue weighted by molar-refractivity contribution is 8.02. The molecule has 0 bridgehead atoms. The Morgan fingerprint density at radius 2 is 2.00 bits per heavy atom. The van der Waals surface area contributed by atoms with Crippen molar-refractivity contribution in [2.24, 2.45) is 11.8 Å². The molecule has 14 heavy (non-hydrogen) atoms. The van der Waals surface area contributed by atoms with Crippen molar-refractivity contribution < 1.29 is 10.2 Å². The van der Waals surface area contributed by atoms with Gasteiger partial charge in [0.15, 0.2) is 0 Å². The van der Waals surface area contributed by atoms with Crippen molar-refractivity contribution in [1.29, 1.82) is 0 Å². The van der Waals surface area contributed by atoms with E-state index < -0.39 is 0 Å². The Balaban J connectivity index is 2.37. The van der Waals surface area contributed by atoms with Crippen LogP contribution in [-0.4, -0.2) is 16.5 Å². The summed E-state index contributed by atoms with van der Waals surface area (Å²) in [6, 6.07) is 0. The van der Waals surface area contributed by atoms with E-state index in [1.807, 2.05) is 18.4 Å². The van der Waals surface area contributed by atoms with Crippen LogP contribution in [0.1, 0.15) is 0 Å². The number of rotatable bonds is 1. The first-order valence-electron chi connectivity index (χ1n) is 4.46. The molecule has 3 heteroatoms. The average molecular weight is 208 g/mol. The predicted molar refractivity (Wildman–Crippen MR) is 59.1 cm³/mol. The summed E-state index contributed by atoms with van der Waals surface area (Å²) in [6.45, 7) is 0. The molecule has 0 spiro atoms. The minimum absolute atomic E-state index is 0.00153. The number of allylic oxidation sites excluding steroid dienone is 6. The molecule has 2 nitrogen and oxygen atoms in total. The van der Waals surface area contributed by atoms with E-state index in [9.17, 15) is 10.2 Å². The van der Waals surface area contributed by atoms with E-state index in [0.29, 0.717) is 5.76 Å². The maximum atomic E-state index is 9.65. The molecule has 2 aliphatic carbocycles. The fourth-order valence-corrected chi connectivity index (χ4v) is 2.49. The molecule has 0 aromatic rings. The number of hydrogen-bond donors (Lipinski definition) is 2. The van der Waals surface area contributed by atoms with Crippen molar-refractivity contribution in [2.75, 3.05) is 6.26 Å². The topological polar surface area (TPSA) is 40.5 Å². The van der Waals surface area contributed by atoms with Crippen LogP contribution in [0.15, 0.2) is 46.8 Å². The molecule has 0 aliphatic heterocycles. The number of thioether (sulfide) groups is 1. The van der Waals surface area contributed by atoms with Crippen LogP contribution in [0.4, 0.5) is 0 Å². The lowest BCUT2D eigenvalue weighted by Crippen LogP contribution is -2.19. The molecular weight excluding hydrogens is 196 g/mol. The number of fused-ring (bicyclic) bond motifs is 1. The van der Waals surface area contributed by atoms with Crippen LogP contribution < -0.4 is 0 Å². The quantitative estimate of drug-likeness (QED) is 0.696. The molecule has 0 saturated carbocycles. The highest BCUT2D eigenvalue weighted by atomic mass is 32.2. The van der Waals surface area contributed by atoms with Gasteiger partial charge in [-0.1, -0.05) is 6.08 Å². The molecule has 2 atom stereocenters. The summed E-state index contributed by atoms with van der Waals surface area (Å²) >= 11 is 1.65. The van der Waals surface area contributed by atoms with Gasteiger partial charge in [0.1, 0.15) is 11.5 Å². The van der Waals surface area contributed by atoms with Crippen LogP contribution in [0.2, 0.25) is 0 Å². The van der Waals surface area contributed by atoms with E-state index in [1.54, 1.807) is 30.0 Å². The first kappa shape index (κ1) is 9.46. The summed E-state index contributed by atoms with van der Waals surface area (Å²) in [4.78, 5) is 1.17. The molecule has 0 aromatic heterocycles. The molecule has 0 amide bonds. The normalized spacial score (nSPS) is 30.2. The zero-order valence-corrected chi connectivity index (χ0v) is 8.66. The van der Waals surface area contributed by atoms with Gasteiger partial charge in [0.05, 0.1) is 0 Å². The molecule has 74 valence electrons. The van der Waals surface area contributed by atoms with Gasteiger partial charge in [0.2, 0.25) is 0 Å². The summed E-state index contributed by atoms with van der Waals surface area (Å²) in [5.74, 6) is 0.743. The molecule has 0 saturated heterocycles. The van der Waals surface area contributed by atoms with E-state index >= 15 is 0 Å². The van der Waals surface area contributed by atoms with Crippen molar-refractivity contribution >= 4 is 11.8 Å². The maximum absolute atomic E-state index is 9.65. The third kappa shape index (κ3) is 1.48. The van der Waals surface area contributed by atoms with Crippen LogP contribution in [0.3, 0.4) is 0 Å². The highest BCUT2D eigenvalue weighted by Gasteiger charge is 2.29. The van der Waals surface area contributed by atoms with Crippen molar-refractivity contribution in [3.63, 3.8) is 0 Å². The lowest BCUT2D eigenvalue weighted by Gasteiger charge is -2.28. The van der Waals surface area contributed by atoms with Crippen molar-refractivity contribution in [2.45, 2.75) is 0 Å². The summed E-state index contributed by atoms with van der Waals surface area (Å²) in [7, 11) is 0. The molecule has 2 aliphatic rings. The van der Waals surface area contributed by atoms with Crippen LogP contribution in [0.5, 0.6) is 0 Å². The molecule has 0 radical (unpaired) electrons. The van der Waals surface area contributed by atoms with E-state index in [1.165, 1.54) is 4.91 Å². The Bertz CT molecular complexity index is 363. The summed E-state index contributed by atoms with van der Waals surface area (Å²) in [5.41, 5.74) is 0. The van der Waals surface area contributed by atoms with E-state index in [-0.39, 0.29) is 17.6 Å². The third-order valence-electron chi connectivity index (χ3n) is 2.54. The van der Waals surface area contributed by atoms with Gasteiger partial charge in [-0.3, -0.25) is 0 Å². The minimum atomic E-state index is -0.00153. The molecular formula is C11H12O2S. The molecule has 0 aromatic carbocycles. The molecule has 2 unspecified atom stereocenters. The van der Waals surface area contributed by atoms with E-state index in [2.05, 4.69) is 0 Å². The second-order valence-corrected chi connectivity index (χ2v) is 4.25. The average Bonchev–Trinajstić information content (AvgIpc) is 2.18. The lowest BCUT2D eigenvalue weighted by molar-refractivity contribution is 0.324. The smallest absolute Gasteiger partial charge is 0.111 e. The van der Waals surface area contributed by atoms with Gasteiger partial charge in [-0.2, -0.15) is 0 Å². The van der Waals surface area contributed by atoms with Crippen molar-refractivity contribution in [3.05, 3.63) is 46.8 Å². The molecule has 2 N–H and O–H groups in total. The van der Waals surface area contributed by atoms with Gasteiger partial charge < -0.3 is 10.2 Å². The lowest BCUT2D eigenvalue weighted by atomic mass is 9.83.